The number of phenols is 3. The fourth-order valence-electron chi connectivity index (χ4n) is 8.86. The normalized spacial score (nSPS) is 13.2. The average Bonchev–Trinajstić information content (AvgIpc) is 4.19. The molecule has 18 nitrogen and oxygen atoms in total. The third-order valence-corrected chi connectivity index (χ3v) is 13.3. The van der Waals surface area contributed by atoms with E-state index >= 15 is 0 Å². The van der Waals surface area contributed by atoms with Crippen LogP contribution < -0.4 is 5.43 Å². The van der Waals surface area contributed by atoms with Gasteiger partial charge in [0.2, 0.25) is 0 Å². The first-order valence-corrected chi connectivity index (χ1v) is 23.7. The maximum absolute atomic E-state index is 13.9. The van der Waals surface area contributed by atoms with Crippen molar-refractivity contribution < 1.29 is 43.9 Å². The Morgan fingerprint density at radius 1 is 0.500 bits per heavy atom. The third-order valence-electron chi connectivity index (χ3n) is 13.3. The molecule has 5 heterocycles. The van der Waals surface area contributed by atoms with Crippen molar-refractivity contribution in [3.8, 4) is 28.6 Å². The Morgan fingerprint density at radius 3 is 1.39 bits per heavy atom. The van der Waals surface area contributed by atoms with E-state index in [1.54, 1.807) is 77.6 Å². The fraction of sp³-hybridized carbons (Fsp3) is 0.278. The van der Waals surface area contributed by atoms with Crippen LogP contribution in [-0.2, 0) is 30.5 Å². The van der Waals surface area contributed by atoms with Crippen molar-refractivity contribution in [2.75, 3.05) is 18.6 Å². The highest BCUT2D eigenvalue weighted by Gasteiger charge is 2.31. The molecule has 0 bridgehead atoms. The van der Waals surface area contributed by atoms with Gasteiger partial charge in [-0.15, -0.1) is 28.1 Å². The monoisotopic (exact) mass is 973 g/mol. The van der Waals surface area contributed by atoms with E-state index < -0.39 is 37.2 Å². The zero-order valence-corrected chi connectivity index (χ0v) is 41.3. The highest BCUT2D eigenvalue weighted by atomic mass is 16.6. The summed E-state index contributed by atoms with van der Waals surface area (Å²) in [4.78, 5) is 46.4. The van der Waals surface area contributed by atoms with E-state index in [-0.39, 0.29) is 50.2 Å². The molecule has 5 N–H and O–H groups in total. The smallest absolute Gasteiger partial charge is 0.338 e. The summed E-state index contributed by atoms with van der Waals surface area (Å²) in [7, 11) is 0. The molecule has 0 saturated heterocycles. The Kier molecular flexibility index (Phi) is 10.1. The van der Waals surface area contributed by atoms with Crippen molar-refractivity contribution >= 4 is 56.7 Å². The topological polar surface area (TPSA) is 200 Å². The van der Waals surface area contributed by atoms with Gasteiger partial charge in [-0.3, -0.25) is 10.5 Å². The van der Waals surface area contributed by atoms with E-state index in [1.807, 2.05) is 64.5 Å². The molecule has 72 heavy (non-hydrogen) atoms. The van der Waals surface area contributed by atoms with Crippen LogP contribution in [0.3, 0.4) is 0 Å². The number of anilines is 1. The molecule has 6 aromatic carbocycles. The lowest BCUT2D eigenvalue weighted by Gasteiger charge is -2.23. The minimum atomic E-state index is -1.22. The number of nitrogens with zero attached hydrogens (tertiary/aromatic N) is 7. The van der Waals surface area contributed by atoms with Crippen LogP contribution in [-0.4, -0.2) is 90.5 Å². The maximum Gasteiger partial charge on any atom is 0.338 e. The number of esters is 3. The molecule has 0 saturated carbocycles. The summed E-state index contributed by atoms with van der Waals surface area (Å²) in [6.45, 7) is 18.0. The summed E-state index contributed by atoms with van der Waals surface area (Å²) < 4.78 is 24.8. The maximum atomic E-state index is 13.9. The largest absolute Gasteiger partial charge is 0.506 e. The van der Waals surface area contributed by atoms with Crippen LogP contribution in [0.15, 0.2) is 109 Å². The van der Waals surface area contributed by atoms with Crippen LogP contribution in [0.1, 0.15) is 110 Å². The minimum absolute atomic E-state index is 0.0780. The van der Waals surface area contributed by atoms with Gasteiger partial charge < -0.3 is 29.5 Å². The molecule has 5 aromatic heterocycles. The lowest BCUT2D eigenvalue weighted by molar-refractivity contribution is -0.0253. The minimum Gasteiger partial charge on any atom is -0.506 e. The molecule has 0 fully saturated rings. The van der Waals surface area contributed by atoms with Crippen molar-refractivity contribution in [3.05, 3.63) is 143 Å². The SMILES string of the molecule is CC(C)(C)c1ccc(O)c(Nn2[nH]c3cc(C(=O)OCC(COC(=O)c4ccc5c(c4)n4n(-c6cc(C(C)(C)C)ccc6O)n54)OC(=O)c4ccc5c(c4)n4n(-c6cc(C(C)(C)C)ccc6O)n54)ccc32)c1. The molecule has 1 unspecified atom stereocenters. The van der Waals surface area contributed by atoms with Gasteiger partial charge in [-0.25, -0.2) is 14.4 Å². The van der Waals surface area contributed by atoms with Crippen LogP contribution >= 0.6 is 0 Å². The van der Waals surface area contributed by atoms with Gasteiger partial charge in [-0.1, -0.05) is 80.5 Å². The van der Waals surface area contributed by atoms with Gasteiger partial charge >= 0.3 is 17.9 Å². The Hall–Kier alpha value is -8.67. The van der Waals surface area contributed by atoms with Gasteiger partial charge in [-0.05, 0) is 124 Å². The first-order valence-electron chi connectivity index (χ1n) is 23.7. The molecule has 0 spiro atoms. The second-order valence-electron chi connectivity index (χ2n) is 21.5. The average molecular weight is 974 g/mol. The van der Waals surface area contributed by atoms with Crippen LogP contribution in [0, 0.1) is 0 Å². The number of nitrogens with one attached hydrogen (secondary N) is 2. The van der Waals surface area contributed by atoms with Crippen LogP contribution in [0.5, 0.6) is 17.2 Å². The number of carbonyl (C=O) groups excluding carboxylic acids is 3. The number of benzene rings is 6. The summed E-state index contributed by atoms with van der Waals surface area (Å²) in [5, 5.41) is 35.3. The molecule has 11 aromatic rings. The first-order chi connectivity index (χ1) is 34.0. The van der Waals surface area contributed by atoms with Crippen molar-refractivity contribution in [1.82, 2.24) is 38.0 Å². The molecule has 0 aliphatic heterocycles. The number of aromatic amines is 1. The number of phenolic OH excluding ortho intramolecular Hbond substituents is 3. The highest BCUT2D eigenvalue weighted by Crippen LogP contribution is 2.37. The molecule has 18 heteroatoms. The lowest BCUT2D eigenvalue weighted by Crippen LogP contribution is -2.31. The van der Waals surface area contributed by atoms with Gasteiger partial charge in [0.25, 0.3) is 0 Å². The third kappa shape index (κ3) is 7.79. The van der Waals surface area contributed by atoms with E-state index in [4.69, 9.17) is 14.2 Å². The molecule has 370 valence electrons. The number of ether oxygens (including phenoxy) is 3. The number of aromatic nitrogens is 8. The predicted octanol–water partition coefficient (Wildman–Crippen LogP) is 9.56. The van der Waals surface area contributed by atoms with Gasteiger partial charge in [0.1, 0.15) is 69.4 Å². The number of fused-ring (bicyclic) bond motifs is 9. The molecule has 0 aliphatic rings. The summed E-state index contributed by atoms with van der Waals surface area (Å²) in [6, 6.07) is 31.5. The van der Waals surface area contributed by atoms with Crippen LogP contribution in [0.4, 0.5) is 5.69 Å². The Bertz CT molecular complexity index is 3890. The zero-order valence-electron chi connectivity index (χ0n) is 41.3. The summed E-state index contributed by atoms with van der Waals surface area (Å²) >= 11 is 0. The Labute approximate surface area is 411 Å². The van der Waals surface area contributed by atoms with Gasteiger partial charge in [0.15, 0.2) is 6.10 Å². The zero-order chi connectivity index (χ0) is 50.9. The number of hydrogen-bond acceptors (Lipinski definition) is 10. The van der Waals surface area contributed by atoms with E-state index in [0.29, 0.717) is 28.1 Å². The van der Waals surface area contributed by atoms with Crippen LogP contribution in [0.25, 0.3) is 44.5 Å². The van der Waals surface area contributed by atoms with E-state index in [9.17, 15) is 29.7 Å². The fourth-order valence-corrected chi connectivity index (χ4v) is 8.86. The van der Waals surface area contributed by atoms with Crippen molar-refractivity contribution in [2.45, 2.75) is 84.7 Å². The van der Waals surface area contributed by atoms with Crippen molar-refractivity contribution in [1.29, 1.82) is 0 Å². The Balaban J connectivity index is 0.815. The number of aromatic hydroxyl groups is 3. The molecule has 0 radical (unpaired) electrons. The molecule has 1 atom stereocenters. The number of rotatable bonds is 12. The first kappa shape index (κ1) is 45.8. The summed E-state index contributed by atoms with van der Waals surface area (Å²) in [5.41, 5.74) is 12.6. The van der Waals surface area contributed by atoms with Gasteiger partial charge in [0.05, 0.1) is 27.9 Å². The van der Waals surface area contributed by atoms with Crippen LogP contribution in [0.2, 0.25) is 0 Å². The quantitative estimate of drug-likeness (QED) is 0.0446. The molecule has 0 amide bonds. The predicted molar refractivity (Wildman–Crippen MR) is 270 cm³/mol. The summed E-state index contributed by atoms with van der Waals surface area (Å²) in [5.74, 6) is -1.84. The number of H-pyrrole nitrogens is 1. The van der Waals surface area contributed by atoms with E-state index in [2.05, 4.69) is 72.8 Å². The second-order valence-corrected chi connectivity index (χ2v) is 21.5. The molecular weight excluding hydrogens is 919 g/mol. The van der Waals surface area contributed by atoms with Crippen molar-refractivity contribution in [3.63, 3.8) is 0 Å². The standard InChI is InChI=1S/C54H55N9O9/c1-52(2,3)33-13-19-46(64)38(25-33)56-57-39-16-10-30(22-37(39)55-57)49(67)70-28-36(72-51(69)32-12-18-41-43(24-32)61-59(41)63(61)45-27-35(54(7,8)9)15-21-48(45)66)29-71-50(68)31-11-17-40-42(23-31)60-58(40)62(60)44-26-34(53(4,5)6)14-20-47(44)65/h10-27,36,55-56,64-66H,28-29H2,1-9H3. The van der Waals surface area contributed by atoms with Crippen molar-refractivity contribution in [2.24, 2.45) is 0 Å². The number of carbonyl (C=O) groups is 3. The highest BCUT2D eigenvalue weighted by molar-refractivity contribution is 5.96. The van der Waals surface area contributed by atoms with Gasteiger partial charge in [0, 0.05) is 0 Å². The Morgan fingerprint density at radius 2 is 0.917 bits per heavy atom. The van der Waals surface area contributed by atoms with Gasteiger partial charge in [-0.2, -0.15) is 4.79 Å². The lowest BCUT2D eigenvalue weighted by atomic mass is 9.87. The molecule has 11 rings (SSSR count). The summed E-state index contributed by atoms with van der Waals surface area (Å²) in [6.07, 6.45) is -1.22. The molecule has 0 aliphatic carbocycles. The van der Waals surface area contributed by atoms with E-state index in [0.717, 1.165) is 38.8 Å². The van der Waals surface area contributed by atoms with E-state index in [1.165, 1.54) is 0 Å². The second kappa shape index (κ2) is 15.9. The number of hydrogen-bond donors (Lipinski definition) is 5. The molecular formula is C54H55N9O9.